The Hall–Kier alpha value is -0.970. The van der Waals surface area contributed by atoms with Gasteiger partial charge in [-0.3, -0.25) is 4.79 Å². The van der Waals surface area contributed by atoms with E-state index in [9.17, 15) is 4.79 Å². The van der Waals surface area contributed by atoms with E-state index in [-0.39, 0.29) is 5.97 Å². The van der Waals surface area contributed by atoms with Gasteiger partial charge in [0.15, 0.2) is 0 Å². The van der Waals surface area contributed by atoms with Gasteiger partial charge in [0.05, 0.1) is 7.11 Å². The van der Waals surface area contributed by atoms with Crippen molar-refractivity contribution in [2.24, 2.45) is 0 Å². The second kappa shape index (κ2) is 8.13. The van der Waals surface area contributed by atoms with Crippen LogP contribution in [0.2, 0.25) is 0 Å². The molecular formula is C10H15O2. The molecule has 12 heavy (non-hydrogen) atoms. The Morgan fingerprint density at radius 2 is 2.08 bits per heavy atom. The van der Waals surface area contributed by atoms with Gasteiger partial charge >= 0.3 is 5.97 Å². The van der Waals surface area contributed by atoms with E-state index in [0.717, 1.165) is 25.7 Å². The van der Waals surface area contributed by atoms with Crippen molar-refractivity contribution in [2.45, 2.75) is 32.1 Å². The van der Waals surface area contributed by atoms with Crippen LogP contribution in [0.25, 0.3) is 0 Å². The van der Waals surface area contributed by atoms with E-state index in [1.807, 2.05) is 0 Å². The molecule has 0 N–H and O–H groups in total. The first-order chi connectivity index (χ1) is 5.81. The first-order valence-corrected chi connectivity index (χ1v) is 4.13. The van der Waals surface area contributed by atoms with Crippen LogP contribution in [-0.2, 0) is 9.53 Å². The van der Waals surface area contributed by atoms with Crippen molar-refractivity contribution in [3.63, 3.8) is 0 Å². The molecule has 0 aromatic carbocycles. The second-order valence-electron chi connectivity index (χ2n) is 2.39. The molecular weight excluding hydrogens is 152 g/mol. The van der Waals surface area contributed by atoms with Gasteiger partial charge in [-0.05, 0) is 12.8 Å². The van der Waals surface area contributed by atoms with Crippen LogP contribution in [0.15, 0.2) is 0 Å². The molecule has 0 heterocycles. The number of unbranched alkanes of at least 4 members (excludes halogenated alkanes) is 2. The highest BCUT2D eigenvalue weighted by Gasteiger charge is 1.96. The predicted molar refractivity (Wildman–Crippen MR) is 48.2 cm³/mol. The van der Waals surface area contributed by atoms with Crippen LogP contribution in [0.3, 0.4) is 0 Å². The summed E-state index contributed by atoms with van der Waals surface area (Å²) < 4.78 is 4.48. The summed E-state index contributed by atoms with van der Waals surface area (Å²) in [7, 11) is 1.40. The number of rotatable bonds is 4. The molecule has 0 unspecified atom stereocenters. The summed E-state index contributed by atoms with van der Waals surface area (Å²) in [5, 5.41) is 0. The van der Waals surface area contributed by atoms with Crippen LogP contribution in [0.1, 0.15) is 32.1 Å². The molecule has 2 nitrogen and oxygen atoms in total. The van der Waals surface area contributed by atoms with Gasteiger partial charge in [0.25, 0.3) is 0 Å². The smallest absolute Gasteiger partial charge is 0.305 e. The molecule has 0 aliphatic rings. The van der Waals surface area contributed by atoms with Gasteiger partial charge in [0, 0.05) is 19.3 Å². The maximum Gasteiger partial charge on any atom is 0.305 e. The predicted octanol–water partition coefficient (Wildman–Crippen LogP) is 1.95. The van der Waals surface area contributed by atoms with Gasteiger partial charge in [-0.25, -0.2) is 0 Å². The fourth-order valence-corrected chi connectivity index (χ4v) is 0.688. The number of carbonyl (C=O) groups excluding carboxylic acids is 1. The number of methoxy groups -OCH3 is 1. The third kappa shape index (κ3) is 7.14. The second-order valence-corrected chi connectivity index (χ2v) is 2.39. The molecule has 0 aliphatic carbocycles. The number of carbonyl (C=O) groups is 1. The molecule has 2 heteroatoms. The normalized spacial score (nSPS) is 8.50. The first-order valence-electron chi connectivity index (χ1n) is 4.13. The summed E-state index contributed by atoms with van der Waals surface area (Å²) in [6, 6.07) is 0. The van der Waals surface area contributed by atoms with E-state index in [0.29, 0.717) is 6.42 Å². The highest BCUT2D eigenvalue weighted by Crippen LogP contribution is 1.95. The van der Waals surface area contributed by atoms with E-state index >= 15 is 0 Å². The number of hydrogen-bond donors (Lipinski definition) is 0. The number of ether oxygens (including phenoxy) is 1. The molecule has 0 aliphatic heterocycles. The Morgan fingerprint density at radius 3 is 2.67 bits per heavy atom. The van der Waals surface area contributed by atoms with Crippen LogP contribution in [0.4, 0.5) is 0 Å². The highest BCUT2D eigenvalue weighted by molar-refractivity contribution is 5.69. The monoisotopic (exact) mass is 167 g/mol. The molecule has 0 rings (SSSR count). The molecule has 0 atom stereocenters. The molecule has 0 bridgehead atoms. The first kappa shape index (κ1) is 11.0. The zero-order valence-electron chi connectivity index (χ0n) is 7.56. The zero-order chi connectivity index (χ0) is 9.23. The van der Waals surface area contributed by atoms with E-state index in [1.54, 1.807) is 0 Å². The van der Waals surface area contributed by atoms with Crippen LogP contribution in [0, 0.1) is 18.8 Å². The quantitative estimate of drug-likeness (QED) is 0.363. The van der Waals surface area contributed by atoms with Crippen molar-refractivity contribution >= 4 is 5.97 Å². The Bertz CT molecular complexity index is 174. The maximum absolute atomic E-state index is 10.6. The van der Waals surface area contributed by atoms with Crippen LogP contribution in [-0.4, -0.2) is 13.1 Å². The van der Waals surface area contributed by atoms with Gasteiger partial charge in [-0.2, -0.15) is 0 Å². The minimum atomic E-state index is -0.158. The summed E-state index contributed by atoms with van der Waals surface area (Å²) in [6.45, 7) is 3.67. The van der Waals surface area contributed by atoms with E-state index in [4.69, 9.17) is 0 Å². The molecule has 0 aromatic heterocycles. The lowest BCUT2D eigenvalue weighted by molar-refractivity contribution is -0.140. The topological polar surface area (TPSA) is 26.3 Å². The Labute approximate surface area is 74.3 Å². The van der Waals surface area contributed by atoms with Gasteiger partial charge in [0.1, 0.15) is 0 Å². The van der Waals surface area contributed by atoms with Gasteiger partial charge in [-0.15, -0.1) is 11.8 Å². The Balaban J connectivity index is 3.22. The minimum Gasteiger partial charge on any atom is -0.469 e. The molecule has 0 aromatic rings. The fourth-order valence-electron chi connectivity index (χ4n) is 0.688. The third-order valence-electron chi connectivity index (χ3n) is 1.34. The highest BCUT2D eigenvalue weighted by atomic mass is 16.5. The summed E-state index contributed by atoms with van der Waals surface area (Å²) in [5.41, 5.74) is 0. The van der Waals surface area contributed by atoms with Gasteiger partial charge < -0.3 is 4.74 Å². The lowest BCUT2D eigenvalue weighted by Gasteiger charge is -1.94. The lowest BCUT2D eigenvalue weighted by Crippen LogP contribution is -1.98. The third-order valence-corrected chi connectivity index (χ3v) is 1.34. The van der Waals surface area contributed by atoms with Crippen molar-refractivity contribution in [2.75, 3.05) is 7.11 Å². The summed E-state index contributed by atoms with van der Waals surface area (Å²) in [5.74, 6) is 5.77. The van der Waals surface area contributed by atoms with Crippen LogP contribution < -0.4 is 0 Å². The van der Waals surface area contributed by atoms with Gasteiger partial charge in [0.2, 0.25) is 0 Å². The van der Waals surface area contributed by atoms with Crippen LogP contribution >= 0.6 is 0 Å². The lowest BCUT2D eigenvalue weighted by atomic mass is 10.2. The van der Waals surface area contributed by atoms with Crippen molar-refractivity contribution in [3.05, 3.63) is 6.92 Å². The van der Waals surface area contributed by atoms with Crippen molar-refractivity contribution < 1.29 is 9.53 Å². The van der Waals surface area contributed by atoms with Crippen molar-refractivity contribution in [1.82, 2.24) is 0 Å². The molecule has 67 valence electrons. The zero-order valence-corrected chi connectivity index (χ0v) is 7.56. The average molecular weight is 167 g/mol. The summed E-state index contributed by atoms with van der Waals surface area (Å²) in [4.78, 5) is 10.6. The molecule has 0 amide bonds. The molecule has 0 spiro atoms. The van der Waals surface area contributed by atoms with E-state index in [1.165, 1.54) is 7.11 Å². The number of hydrogen-bond acceptors (Lipinski definition) is 2. The minimum absolute atomic E-state index is 0.158. The standard InChI is InChI=1S/C10H15O2/c1-3-4-5-6-7-8-9-10(11)12-2/h1,3-4,7-9H2,2H3. The van der Waals surface area contributed by atoms with Crippen molar-refractivity contribution in [3.8, 4) is 11.8 Å². The van der Waals surface area contributed by atoms with E-state index in [2.05, 4.69) is 23.5 Å². The molecule has 0 saturated heterocycles. The SMILES string of the molecule is [CH2]CCC#CCCCC(=O)OC. The maximum atomic E-state index is 10.6. The average Bonchev–Trinajstić information content (AvgIpc) is 2.10. The molecule has 0 fully saturated rings. The fraction of sp³-hybridized carbons (Fsp3) is 0.600. The summed E-state index contributed by atoms with van der Waals surface area (Å²) >= 11 is 0. The van der Waals surface area contributed by atoms with Crippen LogP contribution in [0.5, 0.6) is 0 Å². The Morgan fingerprint density at radius 1 is 1.42 bits per heavy atom. The van der Waals surface area contributed by atoms with Gasteiger partial charge in [-0.1, -0.05) is 6.92 Å². The molecule has 1 radical (unpaired) electrons. The van der Waals surface area contributed by atoms with E-state index < -0.39 is 0 Å². The molecule has 0 saturated carbocycles. The van der Waals surface area contributed by atoms with Crippen molar-refractivity contribution in [1.29, 1.82) is 0 Å². The number of esters is 1. The largest absolute Gasteiger partial charge is 0.469 e. The summed E-state index contributed by atoms with van der Waals surface area (Å²) in [6.07, 6.45) is 3.73. The Kier molecular flexibility index (Phi) is 7.47.